The Hall–Kier alpha value is -1.18. The van der Waals surface area contributed by atoms with Gasteiger partial charge in [0.2, 0.25) is 5.28 Å². The van der Waals surface area contributed by atoms with Crippen LogP contribution >= 0.6 is 23.4 Å². The molecule has 0 atom stereocenters. The van der Waals surface area contributed by atoms with Crippen LogP contribution in [0.5, 0.6) is 0 Å². The van der Waals surface area contributed by atoms with Crippen LogP contribution in [0.25, 0.3) is 11.0 Å². The van der Waals surface area contributed by atoms with E-state index in [0.29, 0.717) is 13.2 Å². The number of fused-ring (bicyclic) bond motifs is 1. The van der Waals surface area contributed by atoms with E-state index in [0.717, 1.165) is 53.6 Å². The van der Waals surface area contributed by atoms with Crippen LogP contribution in [0.2, 0.25) is 5.28 Å². The largest absolute Gasteiger partial charge is 0.378 e. The van der Waals surface area contributed by atoms with E-state index < -0.39 is 0 Å². The maximum absolute atomic E-state index is 6.13. The quantitative estimate of drug-likeness (QED) is 0.359. The second-order valence-electron chi connectivity index (χ2n) is 4.99. The van der Waals surface area contributed by atoms with Gasteiger partial charge in [-0.15, -0.1) is 11.8 Å². The fourth-order valence-corrected chi connectivity index (χ4v) is 3.49. The van der Waals surface area contributed by atoms with Crippen molar-refractivity contribution in [2.24, 2.45) is 0 Å². The van der Waals surface area contributed by atoms with E-state index >= 15 is 0 Å². The minimum atomic E-state index is 0.237. The number of thioether (sulfide) groups is 1. The van der Waals surface area contributed by atoms with Crippen LogP contribution in [0, 0.1) is 0 Å². The van der Waals surface area contributed by atoms with Crippen molar-refractivity contribution < 1.29 is 4.74 Å². The molecule has 8 heteroatoms. The highest BCUT2D eigenvalue weighted by Crippen LogP contribution is 2.30. The average Bonchev–Trinajstić information content (AvgIpc) is 2.55. The molecular weight excluding hydrogens is 322 g/mol. The molecule has 2 aromatic heterocycles. The van der Waals surface area contributed by atoms with Crippen LogP contribution in [-0.2, 0) is 4.74 Å². The Morgan fingerprint density at radius 3 is 2.82 bits per heavy atom. The normalized spacial score (nSPS) is 15.5. The third-order valence-corrected chi connectivity index (χ3v) is 4.68. The molecule has 0 aromatic carbocycles. The molecule has 0 radical (unpaired) electrons. The zero-order chi connectivity index (χ0) is 15.4. The number of hydrogen-bond donors (Lipinski definition) is 0. The number of halogens is 1. The van der Waals surface area contributed by atoms with E-state index in [-0.39, 0.29) is 5.28 Å². The summed E-state index contributed by atoms with van der Waals surface area (Å²) in [5.41, 5.74) is 1.50. The molecule has 0 spiro atoms. The number of rotatable bonds is 5. The second-order valence-corrected chi connectivity index (χ2v) is 6.42. The maximum Gasteiger partial charge on any atom is 0.225 e. The van der Waals surface area contributed by atoms with E-state index in [4.69, 9.17) is 16.3 Å². The summed E-state index contributed by atoms with van der Waals surface area (Å²) in [6.45, 7) is 5.11. The molecule has 2 aromatic rings. The number of aromatic nitrogens is 4. The summed E-state index contributed by atoms with van der Waals surface area (Å²) in [4.78, 5) is 19.7. The summed E-state index contributed by atoms with van der Waals surface area (Å²) in [7, 11) is 0. The predicted octanol–water partition coefficient (Wildman–Crippen LogP) is 2.80. The van der Waals surface area contributed by atoms with Gasteiger partial charge in [0.1, 0.15) is 22.4 Å². The van der Waals surface area contributed by atoms with E-state index in [1.165, 1.54) is 0 Å². The van der Waals surface area contributed by atoms with Gasteiger partial charge in [-0.3, -0.25) is 0 Å². The van der Waals surface area contributed by atoms with Crippen molar-refractivity contribution >= 4 is 40.2 Å². The average molecular weight is 340 g/mol. The SMILES string of the molecule is CCCCSc1ncnc2c(N3CCOCC3)nc(Cl)nc12. The second kappa shape index (κ2) is 7.39. The van der Waals surface area contributed by atoms with Crippen molar-refractivity contribution in [3.8, 4) is 0 Å². The summed E-state index contributed by atoms with van der Waals surface area (Å²) in [5, 5.41) is 1.11. The lowest BCUT2D eigenvalue weighted by atomic mass is 10.3. The molecule has 3 heterocycles. The number of hydrogen-bond acceptors (Lipinski definition) is 7. The van der Waals surface area contributed by atoms with Crippen LogP contribution in [0.4, 0.5) is 5.82 Å². The highest BCUT2D eigenvalue weighted by molar-refractivity contribution is 7.99. The van der Waals surface area contributed by atoms with E-state index in [2.05, 4.69) is 31.8 Å². The fraction of sp³-hybridized carbons (Fsp3) is 0.571. The predicted molar refractivity (Wildman–Crippen MR) is 88.8 cm³/mol. The molecule has 1 fully saturated rings. The molecule has 0 N–H and O–H groups in total. The van der Waals surface area contributed by atoms with Gasteiger partial charge in [0.05, 0.1) is 13.2 Å². The van der Waals surface area contributed by atoms with Gasteiger partial charge < -0.3 is 9.64 Å². The van der Waals surface area contributed by atoms with Crippen LogP contribution in [-0.4, -0.2) is 52.0 Å². The highest BCUT2D eigenvalue weighted by atomic mass is 35.5. The van der Waals surface area contributed by atoms with Crippen LogP contribution in [0.1, 0.15) is 19.8 Å². The molecule has 0 aliphatic carbocycles. The number of morpholine rings is 1. The van der Waals surface area contributed by atoms with E-state index in [1.807, 2.05) is 0 Å². The highest BCUT2D eigenvalue weighted by Gasteiger charge is 2.19. The molecule has 0 amide bonds. The number of unbranched alkanes of at least 4 members (excludes halogenated alkanes) is 1. The standard InChI is InChI=1S/C14H18ClN5OS/c1-2-3-8-22-13-11-10(16-9-17-13)12(19-14(15)18-11)20-4-6-21-7-5-20/h9H,2-8H2,1H3. The molecule has 6 nitrogen and oxygen atoms in total. The van der Waals surface area contributed by atoms with Crippen molar-refractivity contribution in [1.29, 1.82) is 0 Å². The van der Waals surface area contributed by atoms with Crippen molar-refractivity contribution in [3.05, 3.63) is 11.6 Å². The molecule has 0 bridgehead atoms. The Morgan fingerprint density at radius 1 is 1.23 bits per heavy atom. The molecular formula is C14H18ClN5OS. The monoisotopic (exact) mass is 339 g/mol. The van der Waals surface area contributed by atoms with Crippen molar-refractivity contribution in [2.45, 2.75) is 24.8 Å². The van der Waals surface area contributed by atoms with Gasteiger partial charge in [-0.2, -0.15) is 4.98 Å². The van der Waals surface area contributed by atoms with Crippen molar-refractivity contribution in [3.63, 3.8) is 0 Å². The lowest BCUT2D eigenvalue weighted by Gasteiger charge is -2.28. The lowest BCUT2D eigenvalue weighted by molar-refractivity contribution is 0.122. The molecule has 3 rings (SSSR count). The number of anilines is 1. The Labute approximate surface area is 138 Å². The topological polar surface area (TPSA) is 64.0 Å². The molecule has 1 aliphatic rings. The first-order valence-corrected chi connectivity index (χ1v) is 8.79. The minimum absolute atomic E-state index is 0.237. The Balaban J connectivity index is 2.00. The molecule has 118 valence electrons. The van der Waals surface area contributed by atoms with Crippen molar-refractivity contribution in [2.75, 3.05) is 37.0 Å². The zero-order valence-corrected chi connectivity index (χ0v) is 14.0. The summed E-state index contributed by atoms with van der Waals surface area (Å²) < 4.78 is 5.40. The third-order valence-electron chi connectivity index (χ3n) is 3.45. The first kappa shape index (κ1) is 15.7. The molecule has 22 heavy (non-hydrogen) atoms. The summed E-state index contributed by atoms with van der Waals surface area (Å²) in [6.07, 6.45) is 3.88. The fourth-order valence-electron chi connectivity index (χ4n) is 2.30. The number of nitrogens with zero attached hydrogens (tertiary/aromatic N) is 5. The minimum Gasteiger partial charge on any atom is -0.378 e. The van der Waals surface area contributed by atoms with Gasteiger partial charge in [0, 0.05) is 13.1 Å². The van der Waals surface area contributed by atoms with E-state index in [9.17, 15) is 0 Å². The van der Waals surface area contributed by atoms with Gasteiger partial charge >= 0.3 is 0 Å². The van der Waals surface area contributed by atoms with E-state index in [1.54, 1.807) is 18.1 Å². The number of ether oxygens (including phenoxy) is 1. The first-order chi connectivity index (χ1) is 10.8. The smallest absolute Gasteiger partial charge is 0.225 e. The van der Waals surface area contributed by atoms with Gasteiger partial charge in [0.25, 0.3) is 0 Å². The molecule has 1 aliphatic heterocycles. The summed E-state index contributed by atoms with van der Waals surface area (Å²) in [5.74, 6) is 1.79. The van der Waals surface area contributed by atoms with Gasteiger partial charge in [0.15, 0.2) is 5.82 Å². The molecule has 0 unspecified atom stereocenters. The summed E-state index contributed by atoms with van der Waals surface area (Å²) in [6, 6.07) is 0. The zero-order valence-electron chi connectivity index (χ0n) is 12.5. The third kappa shape index (κ3) is 3.42. The van der Waals surface area contributed by atoms with Gasteiger partial charge in [-0.25, -0.2) is 15.0 Å². The molecule has 1 saturated heterocycles. The maximum atomic E-state index is 6.13. The lowest BCUT2D eigenvalue weighted by Crippen LogP contribution is -2.37. The van der Waals surface area contributed by atoms with Gasteiger partial charge in [-0.1, -0.05) is 13.3 Å². The Morgan fingerprint density at radius 2 is 2.05 bits per heavy atom. The summed E-state index contributed by atoms with van der Waals surface area (Å²) >= 11 is 7.83. The van der Waals surface area contributed by atoms with Crippen LogP contribution < -0.4 is 4.90 Å². The first-order valence-electron chi connectivity index (χ1n) is 7.43. The van der Waals surface area contributed by atoms with Crippen molar-refractivity contribution in [1.82, 2.24) is 19.9 Å². The molecule has 0 saturated carbocycles. The Kier molecular flexibility index (Phi) is 5.28. The van der Waals surface area contributed by atoms with Gasteiger partial charge in [-0.05, 0) is 23.8 Å². The van der Waals surface area contributed by atoms with Crippen LogP contribution in [0.15, 0.2) is 11.4 Å². The Bertz CT molecular complexity index is 650. The van der Waals surface area contributed by atoms with Crippen LogP contribution in [0.3, 0.4) is 0 Å².